The Morgan fingerprint density at radius 1 is 1.00 bits per heavy atom. The number of imide groups is 1. The van der Waals surface area contributed by atoms with Gasteiger partial charge in [-0.3, -0.25) is 9.59 Å². The van der Waals surface area contributed by atoms with Crippen molar-refractivity contribution in [2.24, 2.45) is 0 Å². The Morgan fingerprint density at radius 2 is 1.53 bits per heavy atom. The zero-order valence-corrected chi connectivity index (χ0v) is 9.94. The van der Waals surface area contributed by atoms with E-state index in [1.807, 2.05) is 0 Å². The molecule has 1 heterocycles. The maximum atomic E-state index is 11.9. The van der Waals surface area contributed by atoms with E-state index in [4.69, 9.17) is 0 Å². The molecule has 0 aromatic heterocycles. The molecule has 0 saturated carbocycles. The lowest BCUT2D eigenvalue weighted by Gasteiger charge is -2.15. The van der Waals surface area contributed by atoms with Gasteiger partial charge < -0.3 is 5.11 Å². The predicted molar refractivity (Wildman–Crippen MR) is 63.7 cm³/mol. The van der Waals surface area contributed by atoms with E-state index in [1.54, 1.807) is 32.9 Å². The molecule has 1 aromatic rings. The van der Waals surface area contributed by atoms with Crippen LogP contribution in [0.2, 0.25) is 0 Å². The molecule has 0 atom stereocenters. The highest BCUT2D eigenvalue weighted by Crippen LogP contribution is 2.29. The fourth-order valence-electron chi connectivity index (χ4n) is 1.76. The number of hydrogen-bond donors (Lipinski definition) is 1. The van der Waals surface area contributed by atoms with E-state index in [-0.39, 0.29) is 17.6 Å². The summed E-state index contributed by atoms with van der Waals surface area (Å²) in [5.74, 6) is -0.440. The topological polar surface area (TPSA) is 57.6 Å². The summed E-state index contributed by atoms with van der Waals surface area (Å²) < 4.78 is 0. The molecule has 2 rings (SSSR count). The van der Waals surface area contributed by atoms with Crippen LogP contribution in [0, 0.1) is 6.92 Å². The van der Waals surface area contributed by atoms with Crippen molar-refractivity contribution in [2.45, 2.75) is 20.8 Å². The number of aromatic hydroxyl groups is 1. The number of benzene rings is 1. The van der Waals surface area contributed by atoms with Gasteiger partial charge in [-0.25, -0.2) is 4.90 Å². The minimum Gasteiger partial charge on any atom is -0.508 e. The van der Waals surface area contributed by atoms with Gasteiger partial charge in [-0.1, -0.05) is 0 Å². The summed E-state index contributed by atoms with van der Waals surface area (Å²) in [5.41, 5.74) is 2.07. The third kappa shape index (κ3) is 1.62. The number of phenols is 1. The maximum Gasteiger partial charge on any atom is 0.261 e. The molecule has 0 spiro atoms. The van der Waals surface area contributed by atoms with E-state index in [0.717, 1.165) is 4.90 Å². The lowest BCUT2D eigenvalue weighted by atomic mass is 10.2. The lowest BCUT2D eigenvalue weighted by molar-refractivity contribution is -0.120. The number of aryl methyl sites for hydroxylation is 1. The van der Waals surface area contributed by atoms with Crippen LogP contribution in [0.4, 0.5) is 5.69 Å². The number of anilines is 1. The van der Waals surface area contributed by atoms with Gasteiger partial charge in [0.05, 0.1) is 5.69 Å². The molecule has 4 nitrogen and oxygen atoms in total. The van der Waals surface area contributed by atoms with E-state index in [9.17, 15) is 14.7 Å². The molecule has 1 aliphatic heterocycles. The molecular weight excluding hydrogens is 218 g/mol. The van der Waals surface area contributed by atoms with Crippen molar-refractivity contribution in [3.63, 3.8) is 0 Å². The summed E-state index contributed by atoms with van der Waals surface area (Å²) in [4.78, 5) is 25.0. The average molecular weight is 231 g/mol. The van der Waals surface area contributed by atoms with Crippen LogP contribution in [0.1, 0.15) is 19.4 Å². The highest BCUT2D eigenvalue weighted by atomic mass is 16.3. The zero-order chi connectivity index (χ0) is 12.7. The summed E-state index contributed by atoms with van der Waals surface area (Å²) >= 11 is 0. The Labute approximate surface area is 99.2 Å². The molecule has 0 radical (unpaired) electrons. The van der Waals surface area contributed by atoms with Gasteiger partial charge in [0.1, 0.15) is 5.75 Å². The van der Waals surface area contributed by atoms with Gasteiger partial charge in [-0.2, -0.15) is 0 Å². The largest absolute Gasteiger partial charge is 0.508 e. The van der Waals surface area contributed by atoms with Crippen molar-refractivity contribution in [2.75, 3.05) is 4.90 Å². The van der Waals surface area contributed by atoms with Crippen LogP contribution in [0.3, 0.4) is 0 Å². The van der Waals surface area contributed by atoms with Gasteiger partial charge in [0.15, 0.2) is 0 Å². The smallest absolute Gasteiger partial charge is 0.261 e. The predicted octanol–water partition coefficient (Wildman–Crippen LogP) is 1.91. The second-order valence-electron chi connectivity index (χ2n) is 4.17. The second kappa shape index (κ2) is 3.73. The molecule has 0 bridgehead atoms. The summed E-state index contributed by atoms with van der Waals surface area (Å²) in [7, 11) is 0. The van der Waals surface area contributed by atoms with Crippen molar-refractivity contribution < 1.29 is 14.7 Å². The number of rotatable bonds is 1. The molecule has 88 valence electrons. The minimum atomic E-state index is -0.294. The first kappa shape index (κ1) is 11.4. The first-order valence-electron chi connectivity index (χ1n) is 5.29. The Hall–Kier alpha value is -2.10. The van der Waals surface area contributed by atoms with Crippen LogP contribution >= 0.6 is 0 Å². The fourth-order valence-corrected chi connectivity index (χ4v) is 1.76. The summed E-state index contributed by atoms with van der Waals surface area (Å²) in [6.07, 6.45) is 0. The summed E-state index contributed by atoms with van der Waals surface area (Å²) in [6.45, 7) is 5.00. The van der Waals surface area contributed by atoms with Gasteiger partial charge in [-0.05, 0) is 44.5 Å². The number of carbonyl (C=O) groups is 2. The molecule has 1 N–H and O–H groups in total. The number of nitrogens with zero attached hydrogens (tertiary/aromatic N) is 1. The van der Waals surface area contributed by atoms with Crippen LogP contribution in [0.15, 0.2) is 29.3 Å². The van der Waals surface area contributed by atoms with E-state index < -0.39 is 0 Å². The first-order chi connectivity index (χ1) is 7.93. The SMILES string of the molecule is CC1=C(C)C(=O)N(c2ccc(O)c(C)c2)C1=O. The van der Waals surface area contributed by atoms with Crippen LogP contribution < -0.4 is 4.90 Å². The quantitative estimate of drug-likeness (QED) is 0.751. The Kier molecular flexibility index (Phi) is 2.50. The van der Waals surface area contributed by atoms with Gasteiger partial charge >= 0.3 is 0 Å². The standard InChI is InChI=1S/C13H13NO3/c1-7-6-10(4-5-11(7)15)14-12(16)8(2)9(3)13(14)17/h4-6,15H,1-3H3. The first-order valence-corrected chi connectivity index (χ1v) is 5.29. The Bertz CT molecular complexity index is 534. The Morgan fingerprint density at radius 3 is 2.00 bits per heavy atom. The van der Waals surface area contributed by atoms with Crippen molar-refractivity contribution in [1.82, 2.24) is 0 Å². The minimum absolute atomic E-state index is 0.147. The van der Waals surface area contributed by atoms with Crippen molar-refractivity contribution in [3.05, 3.63) is 34.9 Å². The van der Waals surface area contributed by atoms with Gasteiger partial charge in [0.25, 0.3) is 11.8 Å². The number of phenolic OH excluding ortho intramolecular Hbond substituents is 1. The normalized spacial score (nSPS) is 16.1. The Balaban J connectivity index is 2.47. The third-order valence-corrected chi connectivity index (χ3v) is 3.05. The van der Waals surface area contributed by atoms with Gasteiger partial charge in [0, 0.05) is 11.1 Å². The molecule has 17 heavy (non-hydrogen) atoms. The van der Waals surface area contributed by atoms with Crippen LogP contribution in [0.5, 0.6) is 5.75 Å². The highest BCUT2D eigenvalue weighted by molar-refractivity contribution is 6.32. The van der Waals surface area contributed by atoms with E-state index in [1.165, 1.54) is 6.07 Å². The average Bonchev–Trinajstić information content (AvgIpc) is 2.48. The summed E-state index contributed by atoms with van der Waals surface area (Å²) in [5, 5.41) is 9.42. The molecule has 1 aliphatic rings. The molecule has 2 amide bonds. The van der Waals surface area contributed by atoms with E-state index >= 15 is 0 Å². The molecule has 0 unspecified atom stereocenters. The number of carbonyl (C=O) groups excluding carboxylic acids is 2. The molecule has 4 heteroatoms. The zero-order valence-electron chi connectivity index (χ0n) is 9.94. The van der Waals surface area contributed by atoms with Crippen LogP contribution in [0.25, 0.3) is 0 Å². The van der Waals surface area contributed by atoms with E-state index in [0.29, 0.717) is 22.4 Å². The number of hydrogen-bond acceptors (Lipinski definition) is 3. The van der Waals surface area contributed by atoms with Crippen LogP contribution in [-0.4, -0.2) is 16.9 Å². The van der Waals surface area contributed by atoms with Crippen LogP contribution in [-0.2, 0) is 9.59 Å². The van der Waals surface area contributed by atoms with E-state index in [2.05, 4.69) is 0 Å². The third-order valence-electron chi connectivity index (χ3n) is 3.05. The second-order valence-corrected chi connectivity index (χ2v) is 4.17. The highest BCUT2D eigenvalue weighted by Gasteiger charge is 2.34. The number of amides is 2. The van der Waals surface area contributed by atoms with Crippen molar-refractivity contribution in [1.29, 1.82) is 0 Å². The van der Waals surface area contributed by atoms with Crippen molar-refractivity contribution >= 4 is 17.5 Å². The van der Waals surface area contributed by atoms with Gasteiger partial charge in [0.2, 0.25) is 0 Å². The lowest BCUT2D eigenvalue weighted by Crippen LogP contribution is -2.31. The molecule has 0 saturated heterocycles. The maximum absolute atomic E-state index is 11.9. The molecule has 1 aromatic carbocycles. The monoisotopic (exact) mass is 231 g/mol. The van der Waals surface area contributed by atoms with Crippen molar-refractivity contribution in [3.8, 4) is 5.75 Å². The summed E-state index contributed by atoms with van der Waals surface area (Å²) in [6, 6.07) is 4.66. The fraction of sp³-hybridized carbons (Fsp3) is 0.231. The molecular formula is C13H13NO3. The van der Waals surface area contributed by atoms with Gasteiger partial charge in [-0.15, -0.1) is 0 Å². The molecule has 0 aliphatic carbocycles. The molecule has 0 fully saturated rings.